The van der Waals surface area contributed by atoms with Crippen LogP contribution in [0.3, 0.4) is 0 Å². The van der Waals surface area contributed by atoms with Crippen LogP contribution in [0, 0.1) is 6.92 Å². The lowest BCUT2D eigenvalue weighted by molar-refractivity contribution is -0.130. The number of aromatic nitrogens is 2. The summed E-state index contributed by atoms with van der Waals surface area (Å²) in [4.78, 5) is 24.0. The van der Waals surface area contributed by atoms with Gasteiger partial charge in [-0.25, -0.2) is 9.97 Å². The molecule has 1 aromatic carbocycles. The van der Waals surface area contributed by atoms with Crippen LogP contribution in [0.2, 0.25) is 0 Å². The van der Waals surface area contributed by atoms with Crippen molar-refractivity contribution in [1.29, 1.82) is 0 Å². The van der Waals surface area contributed by atoms with Crippen LogP contribution in [0.5, 0.6) is 0 Å². The van der Waals surface area contributed by atoms with Gasteiger partial charge in [-0.2, -0.15) is 0 Å². The molecule has 0 aliphatic heterocycles. The molecule has 6 heteroatoms. The molecule has 4 nitrogen and oxygen atoms in total. The van der Waals surface area contributed by atoms with E-state index in [2.05, 4.69) is 16.0 Å². The van der Waals surface area contributed by atoms with E-state index in [-0.39, 0.29) is 5.91 Å². The van der Waals surface area contributed by atoms with Gasteiger partial charge in [0, 0.05) is 18.3 Å². The molecule has 0 atom stereocenters. The van der Waals surface area contributed by atoms with Gasteiger partial charge in [0.15, 0.2) is 0 Å². The number of hydrogen-bond donors (Lipinski definition) is 0. The highest BCUT2D eigenvalue weighted by Crippen LogP contribution is 2.22. The molecule has 0 N–H and O–H groups in total. The largest absolute Gasteiger partial charge is 0.339 e. The summed E-state index contributed by atoms with van der Waals surface area (Å²) in [6.45, 7) is 2.56. The topological polar surface area (TPSA) is 46.1 Å². The summed E-state index contributed by atoms with van der Waals surface area (Å²) in [7, 11) is 1.84. The number of nitrogens with zero attached hydrogens (tertiary/aromatic N) is 3. The smallest absolute Gasteiger partial charge is 0.223 e. The number of benzene rings is 1. The summed E-state index contributed by atoms with van der Waals surface area (Å²) in [5, 5.41) is 0.978. The SMILES string of the molecule is Cc1ncsc1CCC(=O)N(C)Cc1nc2ccccc2s1. The molecule has 0 bridgehead atoms. The first kappa shape index (κ1) is 15.1. The number of carbonyl (C=O) groups is 1. The maximum atomic E-state index is 12.3. The second-order valence-corrected chi connectivity index (χ2v) is 7.24. The predicted octanol–water partition coefficient (Wildman–Crippen LogP) is 3.65. The Labute approximate surface area is 137 Å². The molecule has 114 valence electrons. The van der Waals surface area contributed by atoms with Crippen LogP contribution < -0.4 is 0 Å². The Morgan fingerprint density at radius 1 is 1.32 bits per heavy atom. The van der Waals surface area contributed by atoms with E-state index in [4.69, 9.17) is 0 Å². The van der Waals surface area contributed by atoms with E-state index in [1.165, 1.54) is 9.58 Å². The Morgan fingerprint density at radius 3 is 2.86 bits per heavy atom. The first-order chi connectivity index (χ1) is 10.6. The van der Waals surface area contributed by atoms with Crippen molar-refractivity contribution in [2.24, 2.45) is 0 Å². The lowest BCUT2D eigenvalue weighted by Gasteiger charge is -2.15. The number of aryl methyl sites for hydroxylation is 2. The number of amides is 1. The maximum Gasteiger partial charge on any atom is 0.223 e. The Bertz CT molecular complexity index is 760. The van der Waals surface area contributed by atoms with Gasteiger partial charge in [-0.3, -0.25) is 4.79 Å². The standard InChI is InChI=1S/C16H17N3OS2/c1-11-13(21-10-17-11)7-8-16(20)19(2)9-15-18-12-5-3-4-6-14(12)22-15/h3-6,10H,7-9H2,1-2H3. The number of carbonyl (C=O) groups excluding carboxylic acids is 1. The molecule has 0 fully saturated rings. The average Bonchev–Trinajstić information content (AvgIpc) is 3.10. The fourth-order valence-electron chi connectivity index (χ4n) is 2.26. The van der Waals surface area contributed by atoms with Crippen molar-refractivity contribution in [1.82, 2.24) is 14.9 Å². The highest BCUT2D eigenvalue weighted by atomic mass is 32.1. The fraction of sp³-hybridized carbons (Fsp3) is 0.312. The second kappa shape index (κ2) is 6.54. The van der Waals surface area contributed by atoms with Crippen molar-refractivity contribution in [2.45, 2.75) is 26.3 Å². The van der Waals surface area contributed by atoms with Gasteiger partial charge in [-0.05, 0) is 25.5 Å². The molecule has 0 saturated carbocycles. The predicted molar refractivity (Wildman–Crippen MR) is 91.3 cm³/mol. The molecule has 0 saturated heterocycles. The fourth-order valence-corrected chi connectivity index (χ4v) is 4.06. The molecule has 3 rings (SSSR count). The molecule has 2 heterocycles. The van der Waals surface area contributed by atoms with Gasteiger partial charge < -0.3 is 4.90 Å². The third-order valence-electron chi connectivity index (χ3n) is 3.55. The summed E-state index contributed by atoms with van der Waals surface area (Å²) < 4.78 is 1.17. The molecular formula is C16H17N3OS2. The normalized spacial score (nSPS) is 11.0. The molecule has 22 heavy (non-hydrogen) atoms. The van der Waals surface area contributed by atoms with E-state index in [1.54, 1.807) is 27.6 Å². The van der Waals surface area contributed by atoms with Crippen molar-refractivity contribution in [3.05, 3.63) is 45.4 Å². The maximum absolute atomic E-state index is 12.3. The minimum Gasteiger partial charge on any atom is -0.339 e. The Kier molecular flexibility index (Phi) is 4.49. The minimum atomic E-state index is 0.145. The van der Waals surface area contributed by atoms with E-state index in [9.17, 15) is 4.79 Å². The zero-order chi connectivity index (χ0) is 15.5. The number of fused-ring (bicyclic) bond motifs is 1. The first-order valence-electron chi connectivity index (χ1n) is 7.11. The van der Waals surface area contributed by atoms with Crippen LogP contribution >= 0.6 is 22.7 Å². The molecule has 0 spiro atoms. The molecule has 3 aromatic rings. The van der Waals surface area contributed by atoms with Crippen molar-refractivity contribution >= 4 is 38.8 Å². The zero-order valence-electron chi connectivity index (χ0n) is 12.6. The Morgan fingerprint density at radius 2 is 2.14 bits per heavy atom. The van der Waals surface area contributed by atoms with Gasteiger partial charge >= 0.3 is 0 Å². The quantitative estimate of drug-likeness (QED) is 0.717. The summed E-state index contributed by atoms with van der Waals surface area (Å²) in [5.74, 6) is 0.145. The number of thiazole rings is 2. The van der Waals surface area contributed by atoms with Gasteiger partial charge in [0.05, 0.1) is 28.0 Å². The Hall–Kier alpha value is -1.79. The molecule has 0 aliphatic carbocycles. The van der Waals surface area contributed by atoms with E-state index in [1.807, 2.05) is 37.7 Å². The van der Waals surface area contributed by atoms with E-state index >= 15 is 0 Å². The summed E-state index contributed by atoms with van der Waals surface area (Å²) in [6.07, 6.45) is 1.28. The molecule has 2 aromatic heterocycles. The average molecular weight is 331 g/mol. The summed E-state index contributed by atoms with van der Waals surface area (Å²) in [6, 6.07) is 8.06. The van der Waals surface area contributed by atoms with Gasteiger partial charge in [-0.1, -0.05) is 12.1 Å². The van der Waals surface area contributed by atoms with Crippen LogP contribution in [0.25, 0.3) is 10.2 Å². The number of para-hydroxylation sites is 1. The molecule has 0 radical (unpaired) electrons. The summed E-state index contributed by atoms with van der Waals surface area (Å²) in [5.41, 5.74) is 3.87. The zero-order valence-corrected chi connectivity index (χ0v) is 14.2. The molecular weight excluding hydrogens is 314 g/mol. The summed E-state index contributed by atoms with van der Waals surface area (Å²) >= 11 is 3.27. The third-order valence-corrected chi connectivity index (χ3v) is 5.56. The molecule has 0 unspecified atom stereocenters. The molecule has 0 aliphatic rings. The van der Waals surface area contributed by atoms with Crippen molar-refractivity contribution in [3.63, 3.8) is 0 Å². The van der Waals surface area contributed by atoms with E-state index < -0.39 is 0 Å². The highest BCUT2D eigenvalue weighted by molar-refractivity contribution is 7.18. The third kappa shape index (κ3) is 3.34. The Balaban J connectivity index is 1.59. The first-order valence-corrected chi connectivity index (χ1v) is 8.80. The monoisotopic (exact) mass is 331 g/mol. The minimum absolute atomic E-state index is 0.145. The van der Waals surface area contributed by atoms with Crippen molar-refractivity contribution in [2.75, 3.05) is 7.05 Å². The van der Waals surface area contributed by atoms with Crippen LogP contribution in [0.15, 0.2) is 29.8 Å². The lowest BCUT2D eigenvalue weighted by Crippen LogP contribution is -2.26. The van der Waals surface area contributed by atoms with Crippen LogP contribution in [-0.2, 0) is 17.8 Å². The van der Waals surface area contributed by atoms with Crippen molar-refractivity contribution in [3.8, 4) is 0 Å². The van der Waals surface area contributed by atoms with Crippen molar-refractivity contribution < 1.29 is 4.79 Å². The molecule has 1 amide bonds. The number of rotatable bonds is 5. The van der Waals surface area contributed by atoms with Gasteiger partial charge in [-0.15, -0.1) is 22.7 Å². The number of hydrogen-bond acceptors (Lipinski definition) is 5. The highest BCUT2D eigenvalue weighted by Gasteiger charge is 2.13. The van der Waals surface area contributed by atoms with Gasteiger partial charge in [0.1, 0.15) is 5.01 Å². The van der Waals surface area contributed by atoms with Crippen LogP contribution in [0.4, 0.5) is 0 Å². The van der Waals surface area contributed by atoms with Gasteiger partial charge in [0.25, 0.3) is 0 Å². The lowest BCUT2D eigenvalue weighted by atomic mass is 10.2. The van der Waals surface area contributed by atoms with Crippen LogP contribution in [0.1, 0.15) is 22.0 Å². The van der Waals surface area contributed by atoms with Crippen LogP contribution in [-0.4, -0.2) is 27.8 Å². The van der Waals surface area contributed by atoms with E-state index in [0.29, 0.717) is 13.0 Å². The second-order valence-electron chi connectivity index (χ2n) is 5.19. The van der Waals surface area contributed by atoms with E-state index in [0.717, 1.165) is 22.6 Å². The van der Waals surface area contributed by atoms with Gasteiger partial charge in [0.2, 0.25) is 5.91 Å².